The third-order valence-electron chi connectivity index (χ3n) is 4.46. The van der Waals surface area contributed by atoms with Gasteiger partial charge in [-0.1, -0.05) is 35.0 Å². The fraction of sp³-hybridized carbons (Fsp3) is 0.250. The first kappa shape index (κ1) is 19.3. The van der Waals surface area contributed by atoms with Crippen LogP contribution in [0.25, 0.3) is 16.6 Å². The lowest BCUT2D eigenvalue weighted by Crippen LogP contribution is -2.33. The Kier molecular flexibility index (Phi) is 5.36. The van der Waals surface area contributed by atoms with Gasteiger partial charge in [-0.15, -0.1) is 0 Å². The van der Waals surface area contributed by atoms with Gasteiger partial charge < -0.3 is 5.32 Å². The topological polar surface area (TPSA) is 64.0 Å². The molecule has 0 saturated heterocycles. The summed E-state index contributed by atoms with van der Waals surface area (Å²) < 4.78 is 1.51. The van der Waals surface area contributed by atoms with Crippen molar-refractivity contribution >= 4 is 51.8 Å². The molecule has 1 aromatic heterocycles. The Morgan fingerprint density at radius 2 is 1.86 bits per heavy atom. The summed E-state index contributed by atoms with van der Waals surface area (Å²) in [5.41, 5.74) is 0.914. The molecule has 4 rings (SSSR count). The van der Waals surface area contributed by atoms with Crippen molar-refractivity contribution in [1.29, 1.82) is 0 Å². The van der Waals surface area contributed by atoms with E-state index in [0.29, 0.717) is 31.8 Å². The zero-order valence-corrected chi connectivity index (χ0v) is 17.3. The molecule has 144 valence electrons. The van der Waals surface area contributed by atoms with Crippen LogP contribution in [0.5, 0.6) is 0 Å². The number of hydrogen-bond donors (Lipinski definition) is 1. The van der Waals surface area contributed by atoms with Crippen LogP contribution in [0.2, 0.25) is 10.0 Å². The Balaban J connectivity index is 1.81. The van der Waals surface area contributed by atoms with Crippen molar-refractivity contribution < 1.29 is 4.79 Å². The predicted octanol–water partition coefficient (Wildman–Crippen LogP) is 4.45. The van der Waals surface area contributed by atoms with Crippen molar-refractivity contribution in [1.82, 2.24) is 14.9 Å². The number of benzene rings is 2. The van der Waals surface area contributed by atoms with Gasteiger partial charge in [0.1, 0.15) is 0 Å². The molecule has 1 heterocycles. The number of carbonyl (C=O) groups is 1. The van der Waals surface area contributed by atoms with E-state index in [1.54, 1.807) is 42.5 Å². The van der Waals surface area contributed by atoms with E-state index < -0.39 is 5.25 Å². The first-order valence-corrected chi connectivity index (χ1v) is 10.5. The van der Waals surface area contributed by atoms with Gasteiger partial charge in [0.2, 0.25) is 5.91 Å². The van der Waals surface area contributed by atoms with Crippen molar-refractivity contribution in [3.05, 3.63) is 62.9 Å². The Morgan fingerprint density at radius 1 is 1.18 bits per heavy atom. The van der Waals surface area contributed by atoms with Crippen molar-refractivity contribution in [2.24, 2.45) is 0 Å². The van der Waals surface area contributed by atoms with Gasteiger partial charge in [-0.3, -0.25) is 14.2 Å². The molecule has 1 N–H and O–H groups in total. The van der Waals surface area contributed by atoms with Gasteiger partial charge in [0.15, 0.2) is 5.16 Å². The molecule has 8 heteroatoms. The number of fused-ring (bicyclic) bond motifs is 1. The maximum atomic E-state index is 13.2. The first-order valence-electron chi connectivity index (χ1n) is 8.87. The number of nitrogens with zero attached hydrogens (tertiary/aromatic N) is 2. The summed E-state index contributed by atoms with van der Waals surface area (Å²) in [5.74, 6) is -0.0596. The fourth-order valence-corrected chi connectivity index (χ4v) is 4.02. The summed E-state index contributed by atoms with van der Waals surface area (Å²) in [5, 5.41) is 4.55. The zero-order chi connectivity index (χ0) is 19.8. The van der Waals surface area contributed by atoms with Crippen LogP contribution in [0.15, 0.2) is 52.4 Å². The van der Waals surface area contributed by atoms with E-state index in [1.165, 1.54) is 16.3 Å². The van der Waals surface area contributed by atoms with E-state index in [9.17, 15) is 9.59 Å². The van der Waals surface area contributed by atoms with Crippen molar-refractivity contribution in [3.8, 4) is 5.69 Å². The molecule has 1 aliphatic carbocycles. The normalized spacial score (nSPS) is 14.8. The highest BCUT2D eigenvalue weighted by Gasteiger charge is 2.27. The number of nitrogens with one attached hydrogen (secondary N) is 1. The summed E-state index contributed by atoms with van der Waals surface area (Å²) in [6.07, 6.45) is 2.04. The Morgan fingerprint density at radius 3 is 2.54 bits per heavy atom. The van der Waals surface area contributed by atoms with Gasteiger partial charge in [-0.2, -0.15) is 0 Å². The molecule has 1 saturated carbocycles. The van der Waals surface area contributed by atoms with Crippen LogP contribution in [0.1, 0.15) is 19.8 Å². The van der Waals surface area contributed by atoms with Gasteiger partial charge >= 0.3 is 0 Å². The van der Waals surface area contributed by atoms with E-state index in [2.05, 4.69) is 10.3 Å². The van der Waals surface area contributed by atoms with Gasteiger partial charge in [0.05, 0.1) is 21.8 Å². The second-order valence-electron chi connectivity index (χ2n) is 6.72. The number of carbonyl (C=O) groups excluding carboxylic acids is 1. The standard InChI is InChI=1S/C20H17Cl2N3O2S/c1-11(18(26)23-14-5-6-14)28-20-24-17-10-13(22)4-9-16(17)19(27)25(20)15-7-2-12(21)3-8-15/h2-4,7-11,14H,5-6H2,1H3,(H,23,26). The van der Waals surface area contributed by atoms with E-state index in [0.717, 1.165) is 12.8 Å². The SMILES string of the molecule is CC(Sc1nc2cc(Cl)ccc2c(=O)n1-c1ccc(Cl)cc1)C(=O)NC1CC1. The maximum absolute atomic E-state index is 13.2. The van der Waals surface area contributed by atoms with E-state index in [1.807, 2.05) is 6.92 Å². The van der Waals surface area contributed by atoms with Gasteiger partial charge in [-0.05, 0) is 62.2 Å². The molecule has 0 spiro atoms. The minimum absolute atomic E-state index is 0.0596. The van der Waals surface area contributed by atoms with Gasteiger partial charge in [-0.25, -0.2) is 4.98 Å². The second kappa shape index (κ2) is 7.78. The second-order valence-corrected chi connectivity index (χ2v) is 8.90. The molecule has 5 nitrogen and oxygen atoms in total. The lowest BCUT2D eigenvalue weighted by Gasteiger charge is -2.16. The van der Waals surface area contributed by atoms with E-state index >= 15 is 0 Å². The summed E-state index contributed by atoms with van der Waals surface area (Å²) in [4.78, 5) is 30.3. The van der Waals surface area contributed by atoms with Gasteiger partial charge in [0.25, 0.3) is 5.56 Å². The molecule has 1 aliphatic rings. The highest BCUT2D eigenvalue weighted by atomic mass is 35.5. The van der Waals surface area contributed by atoms with Crippen molar-refractivity contribution in [2.75, 3.05) is 0 Å². The minimum Gasteiger partial charge on any atom is -0.352 e. The Hall–Kier alpha value is -2.02. The average molecular weight is 434 g/mol. The Bertz CT molecular complexity index is 1110. The number of thioether (sulfide) groups is 1. The number of rotatable bonds is 5. The zero-order valence-electron chi connectivity index (χ0n) is 15.0. The van der Waals surface area contributed by atoms with E-state index in [-0.39, 0.29) is 17.5 Å². The van der Waals surface area contributed by atoms with Crippen LogP contribution in [-0.2, 0) is 4.79 Å². The van der Waals surface area contributed by atoms with Crippen LogP contribution in [0.3, 0.4) is 0 Å². The highest BCUT2D eigenvalue weighted by molar-refractivity contribution is 8.00. The third-order valence-corrected chi connectivity index (χ3v) is 6.00. The fourth-order valence-electron chi connectivity index (χ4n) is 2.79. The van der Waals surface area contributed by atoms with Crippen LogP contribution < -0.4 is 10.9 Å². The molecule has 28 heavy (non-hydrogen) atoms. The molecule has 3 aromatic rings. The van der Waals surface area contributed by atoms with Crippen LogP contribution in [0, 0.1) is 0 Å². The number of amides is 1. The molecular formula is C20H17Cl2N3O2S. The first-order chi connectivity index (χ1) is 13.4. The van der Waals surface area contributed by atoms with Crippen LogP contribution >= 0.6 is 35.0 Å². The van der Waals surface area contributed by atoms with Crippen molar-refractivity contribution in [2.45, 2.75) is 36.2 Å². The molecule has 1 fully saturated rings. The summed E-state index contributed by atoms with van der Waals surface area (Å²) in [7, 11) is 0. The molecule has 0 aliphatic heterocycles. The minimum atomic E-state index is -0.400. The molecule has 1 amide bonds. The maximum Gasteiger partial charge on any atom is 0.266 e. The average Bonchev–Trinajstić information content (AvgIpc) is 3.47. The number of aromatic nitrogens is 2. The lowest BCUT2D eigenvalue weighted by molar-refractivity contribution is -0.120. The van der Waals surface area contributed by atoms with E-state index in [4.69, 9.17) is 23.2 Å². The summed E-state index contributed by atoms with van der Waals surface area (Å²) in [6.45, 7) is 1.81. The monoisotopic (exact) mass is 433 g/mol. The largest absolute Gasteiger partial charge is 0.352 e. The number of hydrogen-bond acceptors (Lipinski definition) is 4. The molecule has 0 radical (unpaired) electrons. The molecular weight excluding hydrogens is 417 g/mol. The molecule has 0 bridgehead atoms. The third kappa shape index (κ3) is 4.04. The van der Waals surface area contributed by atoms with Crippen LogP contribution in [0.4, 0.5) is 0 Å². The summed E-state index contributed by atoms with van der Waals surface area (Å²) in [6, 6.07) is 12.2. The molecule has 1 atom stereocenters. The lowest BCUT2D eigenvalue weighted by atomic mass is 10.2. The van der Waals surface area contributed by atoms with Gasteiger partial charge in [0, 0.05) is 16.1 Å². The molecule has 2 aromatic carbocycles. The summed E-state index contributed by atoms with van der Waals surface area (Å²) >= 11 is 13.3. The predicted molar refractivity (Wildman–Crippen MR) is 114 cm³/mol. The van der Waals surface area contributed by atoms with Crippen LogP contribution in [-0.4, -0.2) is 26.8 Å². The van der Waals surface area contributed by atoms with Crippen molar-refractivity contribution in [3.63, 3.8) is 0 Å². The quantitative estimate of drug-likeness (QED) is 0.476. The smallest absolute Gasteiger partial charge is 0.266 e. The Labute approximate surface area is 176 Å². The highest BCUT2D eigenvalue weighted by Crippen LogP contribution is 2.27. The number of halogens is 2. The molecule has 1 unspecified atom stereocenters.